The summed E-state index contributed by atoms with van der Waals surface area (Å²) in [4.78, 5) is 29.1. The molecular weight excluding hydrogens is 761 g/mol. The fourth-order valence-electron chi connectivity index (χ4n) is 6.95. The smallest absolute Gasteiger partial charge is 0.411 e. The molecule has 9 nitrogen and oxygen atoms in total. The molecule has 57 heavy (non-hydrogen) atoms. The van der Waals surface area contributed by atoms with Gasteiger partial charge in [0.15, 0.2) is 17.6 Å². The molecule has 0 bridgehead atoms. The van der Waals surface area contributed by atoms with E-state index in [9.17, 15) is 9.59 Å². The van der Waals surface area contributed by atoms with Gasteiger partial charge in [-0.15, -0.1) is 0 Å². The Balaban J connectivity index is 1.01. The highest BCUT2D eigenvalue weighted by Gasteiger charge is 2.39. The first-order valence-electron chi connectivity index (χ1n) is 18.8. The molecule has 5 aromatic rings. The van der Waals surface area contributed by atoms with Gasteiger partial charge in [0.2, 0.25) is 5.91 Å². The molecule has 0 fully saturated rings. The molecule has 2 amide bonds. The zero-order valence-corrected chi connectivity index (χ0v) is 33.7. The highest BCUT2D eigenvalue weighted by Crippen LogP contribution is 2.41. The van der Waals surface area contributed by atoms with E-state index in [1.165, 1.54) is 4.90 Å². The lowest BCUT2D eigenvalue weighted by Gasteiger charge is -2.38. The average molecular weight is 805 g/mol. The molecule has 2 aliphatic heterocycles. The van der Waals surface area contributed by atoms with E-state index in [0.717, 1.165) is 38.9 Å². The second kappa shape index (κ2) is 16.8. The van der Waals surface area contributed by atoms with E-state index in [1.807, 2.05) is 107 Å². The van der Waals surface area contributed by atoms with E-state index < -0.39 is 17.7 Å². The van der Waals surface area contributed by atoms with Gasteiger partial charge in [0.25, 0.3) is 0 Å². The lowest BCUT2D eigenvalue weighted by molar-refractivity contribution is -0.127. The lowest BCUT2D eigenvalue weighted by atomic mass is 9.92. The van der Waals surface area contributed by atoms with Gasteiger partial charge in [-0.25, -0.2) is 4.79 Å². The van der Waals surface area contributed by atoms with Crippen LogP contribution in [0.5, 0.6) is 17.2 Å². The summed E-state index contributed by atoms with van der Waals surface area (Å²) < 4.78 is 24.4. The number of carbonyl (C=O) groups excluding carboxylic acids is 2. The predicted molar refractivity (Wildman–Crippen MR) is 220 cm³/mol. The van der Waals surface area contributed by atoms with E-state index in [-0.39, 0.29) is 31.0 Å². The van der Waals surface area contributed by atoms with E-state index in [1.54, 1.807) is 24.3 Å². The summed E-state index contributed by atoms with van der Waals surface area (Å²) in [6.45, 7) is 8.19. The van der Waals surface area contributed by atoms with Gasteiger partial charge in [-0.05, 0) is 122 Å². The number of nitriles is 1. The molecule has 0 spiro atoms. The topological polar surface area (TPSA) is 110 Å². The number of benzene rings is 5. The number of nitrogens with one attached hydrogen (secondary N) is 1. The Morgan fingerprint density at radius 2 is 1.54 bits per heavy atom. The van der Waals surface area contributed by atoms with Crippen LogP contribution in [0.3, 0.4) is 0 Å². The number of hydrogen-bond donors (Lipinski definition) is 1. The first-order chi connectivity index (χ1) is 27.3. The zero-order valence-electron chi connectivity index (χ0n) is 32.2. The standard InChI is InChI=1S/C46H43Cl2N3O6/c1-28(19-29-5-10-32(11-6-29)33-12-7-30(24-49)8-13-33)50-44(52)40-21-35-22-41-42(23-36(35)25-51(40)45(53)57-46(2,3)4)56-43(27-55-41)34-14-16-37(17-15-34)54-26-31-9-18-38(47)39(48)20-31/h5-18,20,22-23,28,40,43H,19,21,25-27H2,1-4H3,(H,50,52). The maximum atomic E-state index is 14.0. The molecule has 3 atom stereocenters. The molecule has 292 valence electrons. The molecule has 0 saturated heterocycles. The quantitative estimate of drug-likeness (QED) is 0.158. The minimum atomic E-state index is -0.790. The summed E-state index contributed by atoms with van der Waals surface area (Å²) in [5.41, 5.74) is 6.58. The number of carbonyl (C=O) groups is 2. The number of halogens is 2. The molecule has 3 unspecified atom stereocenters. The maximum absolute atomic E-state index is 14.0. The molecule has 2 aliphatic rings. The van der Waals surface area contributed by atoms with E-state index in [0.29, 0.717) is 52.5 Å². The van der Waals surface area contributed by atoms with Crippen molar-refractivity contribution in [2.24, 2.45) is 0 Å². The van der Waals surface area contributed by atoms with Crippen LogP contribution in [0.2, 0.25) is 10.0 Å². The van der Waals surface area contributed by atoms with Crippen molar-refractivity contribution in [3.63, 3.8) is 0 Å². The number of fused-ring (bicyclic) bond motifs is 2. The normalized spacial score (nSPS) is 16.5. The summed E-state index contributed by atoms with van der Waals surface area (Å²) in [5.74, 6) is 1.60. The number of nitrogens with zero attached hydrogens (tertiary/aromatic N) is 2. The van der Waals surface area contributed by atoms with Crippen molar-refractivity contribution in [3.05, 3.63) is 147 Å². The second-order valence-electron chi connectivity index (χ2n) is 15.4. The highest BCUT2D eigenvalue weighted by molar-refractivity contribution is 6.42. The molecule has 5 aromatic carbocycles. The average Bonchev–Trinajstić information content (AvgIpc) is 3.19. The first kappa shape index (κ1) is 39.5. The van der Waals surface area contributed by atoms with Gasteiger partial charge in [0.05, 0.1) is 28.2 Å². The van der Waals surface area contributed by atoms with Crippen molar-refractivity contribution in [3.8, 4) is 34.4 Å². The SMILES string of the molecule is CC(Cc1ccc(-c2ccc(C#N)cc2)cc1)NC(=O)C1Cc2cc3c(cc2CN1C(=O)OC(C)(C)C)OC(c1ccc(OCc2ccc(Cl)c(Cl)c2)cc1)CO3. The Labute approximate surface area is 343 Å². The monoisotopic (exact) mass is 803 g/mol. The van der Waals surface area contributed by atoms with Gasteiger partial charge in [0, 0.05) is 12.5 Å². The van der Waals surface area contributed by atoms with Crippen LogP contribution in [0, 0.1) is 11.3 Å². The molecule has 7 rings (SSSR count). The maximum Gasteiger partial charge on any atom is 0.411 e. The molecule has 0 radical (unpaired) electrons. The summed E-state index contributed by atoms with van der Waals surface area (Å²) in [7, 11) is 0. The van der Waals surface area contributed by atoms with E-state index >= 15 is 0 Å². The Morgan fingerprint density at radius 1 is 0.877 bits per heavy atom. The number of rotatable bonds is 9. The second-order valence-corrected chi connectivity index (χ2v) is 16.2. The largest absolute Gasteiger partial charge is 0.489 e. The fraction of sp³-hybridized carbons (Fsp3) is 0.283. The van der Waals surface area contributed by atoms with Gasteiger partial charge in [-0.3, -0.25) is 9.69 Å². The van der Waals surface area contributed by atoms with Gasteiger partial charge in [0.1, 0.15) is 30.6 Å². The number of amides is 2. The van der Waals surface area contributed by atoms with Crippen molar-refractivity contribution < 1.29 is 28.5 Å². The molecule has 0 saturated carbocycles. The Hall–Kier alpha value is -5.69. The molecule has 1 N–H and O–H groups in total. The van der Waals surface area contributed by atoms with Crippen LogP contribution < -0.4 is 19.5 Å². The van der Waals surface area contributed by atoms with Crippen molar-refractivity contribution in [1.29, 1.82) is 5.26 Å². The third-order valence-electron chi connectivity index (χ3n) is 9.86. The first-order valence-corrected chi connectivity index (χ1v) is 19.6. The van der Waals surface area contributed by atoms with Crippen LogP contribution in [-0.2, 0) is 35.5 Å². The number of ether oxygens (including phenoxy) is 4. The van der Waals surface area contributed by atoms with Crippen LogP contribution in [0.15, 0.2) is 103 Å². The fourth-order valence-corrected chi connectivity index (χ4v) is 7.27. The molecule has 11 heteroatoms. The third-order valence-corrected chi connectivity index (χ3v) is 10.6. The number of hydrogen-bond acceptors (Lipinski definition) is 7. The van der Waals surface area contributed by atoms with Crippen molar-refractivity contribution in [2.45, 2.75) is 77.5 Å². The third kappa shape index (κ3) is 9.65. The van der Waals surface area contributed by atoms with E-state index in [4.69, 9.17) is 47.4 Å². The van der Waals surface area contributed by atoms with Crippen molar-refractivity contribution in [2.75, 3.05) is 6.61 Å². The molecule has 0 aliphatic carbocycles. The van der Waals surface area contributed by atoms with Crippen LogP contribution in [0.4, 0.5) is 4.79 Å². The minimum absolute atomic E-state index is 0.166. The Bertz CT molecular complexity index is 2300. The summed E-state index contributed by atoms with van der Waals surface area (Å²) in [5, 5.41) is 13.2. The predicted octanol–water partition coefficient (Wildman–Crippen LogP) is 10.0. The van der Waals surface area contributed by atoms with Crippen molar-refractivity contribution in [1.82, 2.24) is 10.2 Å². The van der Waals surface area contributed by atoms with Gasteiger partial charge in [-0.2, -0.15) is 5.26 Å². The van der Waals surface area contributed by atoms with Crippen LogP contribution in [0.25, 0.3) is 11.1 Å². The molecule has 2 heterocycles. The summed E-state index contributed by atoms with van der Waals surface area (Å²) >= 11 is 12.2. The Kier molecular flexibility index (Phi) is 11.7. The Morgan fingerprint density at radius 3 is 2.21 bits per heavy atom. The van der Waals surface area contributed by atoms with Gasteiger partial charge in [-0.1, -0.05) is 77.8 Å². The highest BCUT2D eigenvalue weighted by atomic mass is 35.5. The van der Waals surface area contributed by atoms with E-state index in [2.05, 4.69) is 11.4 Å². The summed E-state index contributed by atoms with van der Waals surface area (Å²) in [6, 6.07) is 33.7. The van der Waals surface area contributed by atoms with Gasteiger partial charge < -0.3 is 24.3 Å². The van der Waals surface area contributed by atoms with Crippen LogP contribution in [0.1, 0.15) is 67.2 Å². The molecule has 0 aromatic heterocycles. The summed E-state index contributed by atoms with van der Waals surface area (Å²) in [6.07, 6.45) is -0.0365. The lowest BCUT2D eigenvalue weighted by Crippen LogP contribution is -2.55. The van der Waals surface area contributed by atoms with Crippen LogP contribution >= 0.6 is 23.2 Å². The minimum Gasteiger partial charge on any atom is -0.489 e. The van der Waals surface area contributed by atoms with Gasteiger partial charge >= 0.3 is 6.09 Å². The zero-order chi connectivity index (χ0) is 40.3. The van der Waals surface area contributed by atoms with Crippen molar-refractivity contribution >= 4 is 35.2 Å². The van der Waals surface area contributed by atoms with Crippen LogP contribution in [-0.4, -0.2) is 41.2 Å². The molecular formula is C46H43Cl2N3O6.